The number of aliphatic hydroxyl groups is 1. The van der Waals surface area contributed by atoms with E-state index in [4.69, 9.17) is 5.11 Å². The fraction of sp³-hybridized carbons (Fsp3) is 0.500. The van der Waals surface area contributed by atoms with Gasteiger partial charge in [-0.15, -0.1) is 11.3 Å². The number of aryl methyl sites for hydroxylation is 2. The third-order valence-corrected chi connectivity index (χ3v) is 2.36. The molecule has 0 saturated carbocycles. The Hall–Kier alpha value is -0.980. The molecule has 0 aromatic carbocycles. The van der Waals surface area contributed by atoms with E-state index in [1.54, 1.807) is 0 Å². The number of nitrogens with zero attached hydrogens (tertiary/aromatic N) is 1. The van der Waals surface area contributed by atoms with Gasteiger partial charge in [0.15, 0.2) is 0 Å². The molecule has 1 heterocycles. The van der Waals surface area contributed by atoms with E-state index in [2.05, 4.69) is 15.3 Å². The van der Waals surface area contributed by atoms with Gasteiger partial charge in [0.05, 0.1) is 18.2 Å². The highest BCUT2D eigenvalue weighted by molar-refractivity contribution is 7.11. The molecule has 0 unspecified atom stereocenters. The molecule has 2 N–H and O–H groups in total. The number of carbonyl (C=O) groups excluding carboxylic acids is 1. The zero-order chi connectivity index (χ0) is 10.6. The Balaban J connectivity index is 2.56. The Kier molecular flexibility index (Phi) is 3.99. The second-order valence-corrected chi connectivity index (χ2v) is 4.05. The van der Waals surface area contributed by atoms with Crippen molar-refractivity contribution >= 4 is 17.2 Å². The quantitative estimate of drug-likeness (QED) is 0.565. The maximum Gasteiger partial charge on any atom is 0.294 e. The molecule has 5 nitrogen and oxygen atoms in total. The summed E-state index contributed by atoms with van der Waals surface area (Å²) in [6.45, 7) is 3.61. The Morgan fingerprint density at radius 2 is 2.36 bits per heavy atom. The molecular formula is C8H12N2O3S. The Morgan fingerprint density at radius 3 is 2.86 bits per heavy atom. The van der Waals surface area contributed by atoms with Gasteiger partial charge in [0.25, 0.3) is 5.91 Å². The van der Waals surface area contributed by atoms with Crippen LogP contribution in [0, 0.1) is 13.8 Å². The molecule has 0 atom stereocenters. The summed E-state index contributed by atoms with van der Waals surface area (Å²) < 4.78 is 0. The van der Waals surface area contributed by atoms with E-state index in [0.717, 1.165) is 9.88 Å². The van der Waals surface area contributed by atoms with Crippen LogP contribution in [0.5, 0.6) is 0 Å². The van der Waals surface area contributed by atoms with Crippen LogP contribution >= 0.6 is 11.3 Å². The first-order chi connectivity index (χ1) is 6.65. The topological polar surface area (TPSA) is 71.5 Å². The molecular weight excluding hydrogens is 204 g/mol. The number of hydroxylamine groups is 1. The van der Waals surface area contributed by atoms with Crippen LogP contribution in [0.4, 0.5) is 0 Å². The fourth-order valence-corrected chi connectivity index (χ4v) is 1.77. The van der Waals surface area contributed by atoms with Crippen LogP contribution in [0.1, 0.15) is 20.4 Å². The summed E-state index contributed by atoms with van der Waals surface area (Å²) >= 11 is 1.46. The lowest BCUT2D eigenvalue weighted by molar-refractivity contribution is 0.0164. The molecule has 78 valence electrons. The standard InChI is InChI=1S/C8H12N2O3S/c1-5-7(9-6(2)14-5)8(12)10-13-4-3-11/h11H,3-4H2,1-2H3,(H,10,12). The molecule has 0 spiro atoms. The van der Waals surface area contributed by atoms with Crippen LogP contribution in [-0.2, 0) is 4.84 Å². The molecule has 0 aliphatic heterocycles. The fourth-order valence-electron chi connectivity index (χ4n) is 0.950. The van der Waals surface area contributed by atoms with Crippen molar-refractivity contribution in [2.75, 3.05) is 13.2 Å². The molecule has 0 saturated heterocycles. The minimum atomic E-state index is -0.375. The molecule has 0 bridgehead atoms. The van der Waals surface area contributed by atoms with Gasteiger partial charge in [0.1, 0.15) is 5.69 Å². The lowest BCUT2D eigenvalue weighted by Crippen LogP contribution is -2.26. The summed E-state index contributed by atoms with van der Waals surface area (Å²) in [6.07, 6.45) is 0. The Morgan fingerprint density at radius 1 is 1.64 bits per heavy atom. The van der Waals surface area contributed by atoms with Crippen LogP contribution in [0.2, 0.25) is 0 Å². The largest absolute Gasteiger partial charge is 0.394 e. The van der Waals surface area contributed by atoms with E-state index in [1.165, 1.54) is 11.3 Å². The molecule has 0 aliphatic carbocycles. The normalized spacial score (nSPS) is 10.2. The monoisotopic (exact) mass is 216 g/mol. The molecule has 1 rings (SSSR count). The maximum atomic E-state index is 11.4. The SMILES string of the molecule is Cc1nc(C(=O)NOCCO)c(C)s1. The van der Waals surface area contributed by atoms with Crippen molar-refractivity contribution in [3.05, 3.63) is 15.6 Å². The van der Waals surface area contributed by atoms with Gasteiger partial charge < -0.3 is 5.11 Å². The lowest BCUT2D eigenvalue weighted by Gasteiger charge is -2.02. The molecule has 0 aliphatic rings. The number of rotatable bonds is 4. The highest BCUT2D eigenvalue weighted by Crippen LogP contribution is 2.15. The van der Waals surface area contributed by atoms with Gasteiger partial charge in [-0.2, -0.15) is 0 Å². The van der Waals surface area contributed by atoms with Crippen molar-refractivity contribution in [3.8, 4) is 0 Å². The van der Waals surface area contributed by atoms with Crippen molar-refractivity contribution < 1.29 is 14.7 Å². The van der Waals surface area contributed by atoms with Gasteiger partial charge in [0, 0.05) is 4.88 Å². The van der Waals surface area contributed by atoms with Gasteiger partial charge in [-0.25, -0.2) is 10.5 Å². The second kappa shape index (κ2) is 5.04. The first-order valence-electron chi connectivity index (χ1n) is 4.12. The van der Waals surface area contributed by atoms with Gasteiger partial charge in [-0.3, -0.25) is 9.63 Å². The number of thiazole rings is 1. The van der Waals surface area contributed by atoms with Crippen LogP contribution in [0.3, 0.4) is 0 Å². The maximum absolute atomic E-state index is 11.4. The molecule has 1 aromatic rings. The van der Waals surface area contributed by atoms with E-state index >= 15 is 0 Å². The highest BCUT2D eigenvalue weighted by atomic mass is 32.1. The predicted molar refractivity (Wildman–Crippen MR) is 52.1 cm³/mol. The third kappa shape index (κ3) is 2.76. The number of hydrogen-bond acceptors (Lipinski definition) is 5. The van der Waals surface area contributed by atoms with E-state index in [9.17, 15) is 4.79 Å². The summed E-state index contributed by atoms with van der Waals surface area (Å²) in [4.78, 5) is 21.0. The summed E-state index contributed by atoms with van der Waals surface area (Å²) in [5, 5.41) is 9.26. The van der Waals surface area contributed by atoms with Crippen LogP contribution in [-0.4, -0.2) is 29.2 Å². The summed E-state index contributed by atoms with van der Waals surface area (Å²) in [7, 11) is 0. The van der Waals surface area contributed by atoms with Crippen molar-refractivity contribution in [2.24, 2.45) is 0 Å². The van der Waals surface area contributed by atoms with Crippen molar-refractivity contribution in [1.82, 2.24) is 10.5 Å². The summed E-state index contributed by atoms with van der Waals surface area (Å²) in [6, 6.07) is 0. The zero-order valence-electron chi connectivity index (χ0n) is 8.03. The summed E-state index contributed by atoms with van der Waals surface area (Å²) in [5.41, 5.74) is 2.58. The van der Waals surface area contributed by atoms with E-state index in [0.29, 0.717) is 5.69 Å². The van der Waals surface area contributed by atoms with Gasteiger partial charge >= 0.3 is 0 Å². The highest BCUT2D eigenvalue weighted by Gasteiger charge is 2.13. The zero-order valence-corrected chi connectivity index (χ0v) is 8.85. The number of aliphatic hydroxyl groups excluding tert-OH is 1. The number of nitrogens with one attached hydrogen (secondary N) is 1. The first-order valence-corrected chi connectivity index (χ1v) is 4.94. The summed E-state index contributed by atoms with van der Waals surface area (Å²) in [5.74, 6) is -0.375. The average Bonchev–Trinajstić information content (AvgIpc) is 2.45. The van der Waals surface area contributed by atoms with Crippen LogP contribution in [0.15, 0.2) is 0 Å². The smallest absolute Gasteiger partial charge is 0.294 e. The third-order valence-electron chi connectivity index (χ3n) is 1.48. The van der Waals surface area contributed by atoms with E-state index in [1.807, 2.05) is 13.8 Å². The number of amides is 1. The first kappa shape index (κ1) is 11.1. The number of aromatic nitrogens is 1. The number of hydrogen-bond donors (Lipinski definition) is 2. The minimum absolute atomic E-state index is 0.0773. The van der Waals surface area contributed by atoms with Crippen LogP contribution in [0.25, 0.3) is 0 Å². The number of carbonyl (C=O) groups is 1. The van der Waals surface area contributed by atoms with Crippen LogP contribution < -0.4 is 5.48 Å². The molecule has 1 aromatic heterocycles. The minimum Gasteiger partial charge on any atom is -0.394 e. The molecule has 0 fully saturated rings. The Bertz CT molecular complexity index is 324. The lowest BCUT2D eigenvalue weighted by atomic mass is 10.4. The predicted octanol–water partition coefficient (Wildman–Crippen LogP) is 0.414. The molecule has 1 amide bonds. The Labute approximate surface area is 85.7 Å². The average molecular weight is 216 g/mol. The van der Waals surface area contributed by atoms with Crippen molar-refractivity contribution in [3.63, 3.8) is 0 Å². The molecule has 14 heavy (non-hydrogen) atoms. The van der Waals surface area contributed by atoms with Crippen molar-refractivity contribution in [2.45, 2.75) is 13.8 Å². The van der Waals surface area contributed by atoms with E-state index < -0.39 is 0 Å². The molecule has 0 radical (unpaired) electrons. The van der Waals surface area contributed by atoms with E-state index in [-0.39, 0.29) is 19.1 Å². The van der Waals surface area contributed by atoms with Gasteiger partial charge in [-0.05, 0) is 13.8 Å². The van der Waals surface area contributed by atoms with Gasteiger partial charge in [0.2, 0.25) is 0 Å². The second-order valence-electron chi connectivity index (χ2n) is 2.64. The molecule has 6 heteroatoms. The van der Waals surface area contributed by atoms with Gasteiger partial charge in [-0.1, -0.05) is 0 Å². The van der Waals surface area contributed by atoms with Crippen molar-refractivity contribution in [1.29, 1.82) is 0 Å².